The third-order valence-corrected chi connectivity index (χ3v) is 5.63. The highest BCUT2D eigenvalue weighted by Gasteiger charge is 2.30. The first kappa shape index (κ1) is 25.5. The zero-order valence-electron chi connectivity index (χ0n) is 19.5. The first-order chi connectivity index (χ1) is 14.0. The predicted molar refractivity (Wildman–Crippen MR) is 127 cm³/mol. The Morgan fingerprint density at radius 3 is 2.37 bits per heavy atom. The van der Waals surface area contributed by atoms with Gasteiger partial charge in [0.25, 0.3) is 0 Å². The van der Waals surface area contributed by atoms with Crippen LogP contribution in [0.5, 0.6) is 0 Å². The molecule has 1 aliphatic rings. The van der Waals surface area contributed by atoms with Gasteiger partial charge in [-0.15, -0.1) is 0 Å². The van der Waals surface area contributed by atoms with Crippen LogP contribution >= 0.6 is 0 Å². The van der Waals surface area contributed by atoms with Gasteiger partial charge in [-0.3, -0.25) is 4.79 Å². The van der Waals surface area contributed by atoms with Gasteiger partial charge in [-0.25, -0.2) is 0 Å². The Balaban J connectivity index is 2.96. The summed E-state index contributed by atoms with van der Waals surface area (Å²) >= 11 is 0. The smallest absolute Gasteiger partial charge is 0.302 e. The lowest BCUT2D eigenvalue weighted by Gasteiger charge is -2.25. The van der Waals surface area contributed by atoms with Crippen LogP contribution in [0.15, 0.2) is 84.2 Å². The lowest BCUT2D eigenvalue weighted by Crippen LogP contribution is -2.13. The van der Waals surface area contributed by atoms with Crippen LogP contribution in [0.25, 0.3) is 0 Å². The van der Waals surface area contributed by atoms with Crippen LogP contribution in [-0.2, 0) is 14.3 Å². The van der Waals surface area contributed by atoms with Gasteiger partial charge in [0.2, 0.25) is 0 Å². The maximum absolute atomic E-state index is 11.0. The van der Waals surface area contributed by atoms with E-state index >= 15 is 0 Å². The van der Waals surface area contributed by atoms with Gasteiger partial charge in [-0.05, 0) is 65.5 Å². The summed E-state index contributed by atoms with van der Waals surface area (Å²) in [7, 11) is 1.60. The average Bonchev–Trinajstić information content (AvgIpc) is 3.06. The van der Waals surface area contributed by atoms with E-state index in [2.05, 4.69) is 65.3 Å². The summed E-state index contributed by atoms with van der Waals surface area (Å²) in [5, 5.41) is 0. The van der Waals surface area contributed by atoms with E-state index in [-0.39, 0.29) is 11.4 Å². The molecule has 0 aromatic carbocycles. The molecule has 30 heavy (non-hydrogen) atoms. The second-order valence-electron chi connectivity index (χ2n) is 8.25. The van der Waals surface area contributed by atoms with Crippen LogP contribution < -0.4 is 0 Å². The van der Waals surface area contributed by atoms with Gasteiger partial charge in [0.15, 0.2) is 0 Å². The zero-order valence-corrected chi connectivity index (χ0v) is 19.5. The minimum atomic E-state index is -0.276. The number of hydrogen-bond donors (Lipinski definition) is 0. The molecule has 0 aliphatic heterocycles. The topological polar surface area (TPSA) is 35.5 Å². The molecule has 1 rings (SSSR count). The van der Waals surface area contributed by atoms with Crippen molar-refractivity contribution in [2.75, 3.05) is 13.7 Å². The van der Waals surface area contributed by atoms with Crippen molar-refractivity contribution in [3.05, 3.63) is 84.2 Å². The standard InChI is InChI=1S/C27H38O3/c1-10-25(17-21(4)27(8)14-13-19(2)18-27)22(5)20(3)16-26(23(6)29-9)12-11-15-30-24(7)28/h13-14,16-17,19H,3-6,10-12,15,18H2,1-2,7-9H3/b25-17-,26-16-/t19?,27-/m0/s1. The van der Waals surface area contributed by atoms with Crippen molar-refractivity contribution in [3.63, 3.8) is 0 Å². The zero-order chi connectivity index (χ0) is 22.9. The summed E-state index contributed by atoms with van der Waals surface area (Å²) in [4.78, 5) is 11.0. The Morgan fingerprint density at radius 1 is 1.20 bits per heavy atom. The molecular formula is C27H38O3. The number of rotatable bonds is 12. The molecule has 2 atom stereocenters. The average molecular weight is 411 g/mol. The fourth-order valence-electron chi connectivity index (χ4n) is 3.60. The fraction of sp³-hybridized carbons (Fsp3) is 0.444. The van der Waals surface area contributed by atoms with Gasteiger partial charge in [0.1, 0.15) is 5.76 Å². The predicted octanol–water partition coefficient (Wildman–Crippen LogP) is 7.02. The highest BCUT2D eigenvalue weighted by Crippen LogP contribution is 2.42. The van der Waals surface area contributed by atoms with E-state index in [9.17, 15) is 4.79 Å². The quantitative estimate of drug-likeness (QED) is 0.114. The van der Waals surface area contributed by atoms with Gasteiger partial charge in [-0.1, -0.05) is 65.3 Å². The van der Waals surface area contributed by atoms with Crippen molar-refractivity contribution in [1.29, 1.82) is 0 Å². The monoisotopic (exact) mass is 410 g/mol. The SMILES string of the molecule is C=C(/C=C(/CCCOC(C)=O)C(=C)OC)C(=C)/C(=C\C(=C)[C@@]1(C)C=CC(C)C1)CC. The van der Waals surface area contributed by atoms with Crippen LogP contribution in [0.4, 0.5) is 0 Å². The Hall–Kier alpha value is -2.55. The van der Waals surface area contributed by atoms with E-state index in [1.54, 1.807) is 7.11 Å². The second-order valence-corrected chi connectivity index (χ2v) is 8.25. The van der Waals surface area contributed by atoms with Crippen molar-refractivity contribution in [1.82, 2.24) is 0 Å². The molecule has 1 aliphatic carbocycles. The van der Waals surface area contributed by atoms with E-state index in [0.717, 1.165) is 40.7 Å². The first-order valence-electron chi connectivity index (χ1n) is 10.6. The first-order valence-corrected chi connectivity index (χ1v) is 10.6. The molecule has 0 heterocycles. The number of hydrogen-bond acceptors (Lipinski definition) is 3. The Morgan fingerprint density at radius 2 is 1.87 bits per heavy atom. The molecule has 3 heteroatoms. The van der Waals surface area contributed by atoms with E-state index in [1.807, 2.05) is 6.08 Å². The fourth-order valence-corrected chi connectivity index (χ4v) is 3.60. The molecular weight excluding hydrogens is 372 g/mol. The van der Waals surface area contributed by atoms with Crippen LogP contribution in [0, 0.1) is 11.3 Å². The molecule has 0 aromatic rings. The molecule has 0 N–H and O–H groups in total. The lowest BCUT2D eigenvalue weighted by molar-refractivity contribution is -0.141. The number of esters is 1. The van der Waals surface area contributed by atoms with Crippen LogP contribution in [0.1, 0.15) is 53.4 Å². The van der Waals surface area contributed by atoms with Crippen molar-refractivity contribution in [2.45, 2.75) is 53.4 Å². The highest BCUT2D eigenvalue weighted by molar-refractivity contribution is 5.65. The van der Waals surface area contributed by atoms with E-state index < -0.39 is 0 Å². The van der Waals surface area contributed by atoms with Crippen molar-refractivity contribution in [2.24, 2.45) is 11.3 Å². The summed E-state index contributed by atoms with van der Waals surface area (Å²) in [5.41, 5.74) is 4.84. The van der Waals surface area contributed by atoms with Crippen LogP contribution in [-0.4, -0.2) is 19.7 Å². The third kappa shape index (κ3) is 7.37. The number of methoxy groups -OCH3 is 1. The van der Waals surface area contributed by atoms with Crippen molar-refractivity contribution >= 4 is 5.97 Å². The molecule has 0 aromatic heterocycles. The van der Waals surface area contributed by atoms with Gasteiger partial charge in [0, 0.05) is 12.3 Å². The minimum absolute atomic E-state index is 0.0104. The molecule has 0 radical (unpaired) electrons. The van der Waals surface area contributed by atoms with Gasteiger partial charge in [-0.2, -0.15) is 0 Å². The molecule has 0 bridgehead atoms. The minimum Gasteiger partial charge on any atom is -0.497 e. The Bertz CT molecular complexity index is 791. The highest BCUT2D eigenvalue weighted by atomic mass is 16.5. The molecule has 164 valence electrons. The summed E-state index contributed by atoms with van der Waals surface area (Å²) in [6, 6.07) is 0. The van der Waals surface area contributed by atoms with Crippen molar-refractivity contribution < 1.29 is 14.3 Å². The summed E-state index contributed by atoms with van der Waals surface area (Å²) in [6.45, 7) is 25.2. The Labute approximate surface area is 183 Å². The summed E-state index contributed by atoms with van der Waals surface area (Å²) in [5.74, 6) is 0.874. The molecule has 0 spiro atoms. The van der Waals surface area contributed by atoms with Crippen molar-refractivity contribution in [3.8, 4) is 0 Å². The van der Waals surface area contributed by atoms with E-state index in [1.165, 1.54) is 6.92 Å². The second kappa shape index (κ2) is 11.6. The number of carbonyl (C=O) groups is 1. The van der Waals surface area contributed by atoms with Gasteiger partial charge < -0.3 is 9.47 Å². The van der Waals surface area contributed by atoms with E-state index in [0.29, 0.717) is 31.1 Å². The normalized spacial score (nSPS) is 21.3. The molecule has 0 fully saturated rings. The molecule has 0 amide bonds. The number of allylic oxidation sites excluding steroid dienone is 9. The molecule has 1 unspecified atom stereocenters. The number of ether oxygens (including phenoxy) is 2. The maximum atomic E-state index is 11.0. The Kier molecular flexibility index (Phi) is 9.84. The van der Waals surface area contributed by atoms with Crippen LogP contribution in [0.2, 0.25) is 0 Å². The van der Waals surface area contributed by atoms with Gasteiger partial charge in [0.05, 0.1) is 13.7 Å². The molecule has 0 saturated heterocycles. The summed E-state index contributed by atoms with van der Waals surface area (Å²) < 4.78 is 10.4. The third-order valence-electron chi connectivity index (χ3n) is 5.63. The number of carbonyl (C=O) groups excluding carboxylic acids is 1. The summed E-state index contributed by atoms with van der Waals surface area (Å²) in [6.07, 6.45) is 11.9. The molecule has 0 saturated carbocycles. The largest absolute Gasteiger partial charge is 0.497 e. The lowest BCUT2D eigenvalue weighted by atomic mass is 9.79. The van der Waals surface area contributed by atoms with E-state index in [4.69, 9.17) is 9.47 Å². The van der Waals surface area contributed by atoms with Crippen LogP contribution in [0.3, 0.4) is 0 Å². The molecule has 3 nitrogen and oxygen atoms in total. The maximum Gasteiger partial charge on any atom is 0.302 e. The van der Waals surface area contributed by atoms with Gasteiger partial charge >= 0.3 is 5.97 Å².